The van der Waals surface area contributed by atoms with Crippen molar-refractivity contribution in [1.29, 1.82) is 0 Å². The Bertz CT molecular complexity index is 685. The van der Waals surface area contributed by atoms with Crippen LogP contribution in [0.2, 0.25) is 0 Å². The van der Waals surface area contributed by atoms with Crippen molar-refractivity contribution in [2.24, 2.45) is 0 Å². The summed E-state index contributed by atoms with van der Waals surface area (Å²) < 4.78 is 0. The van der Waals surface area contributed by atoms with E-state index in [4.69, 9.17) is 0 Å². The van der Waals surface area contributed by atoms with Gasteiger partial charge in [-0.25, -0.2) is 0 Å². The summed E-state index contributed by atoms with van der Waals surface area (Å²) in [6.07, 6.45) is 0. The lowest BCUT2D eigenvalue weighted by molar-refractivity contribution is -0.385. The van der Waals surface area contributed by atoms with E-state index in [0.717, 1.165) is 11.1 Å². The molecular formula is C17H16N2O2. The Kier molecular flexibility index (Phi) is 5.08. The summed E-state index contributed by atoms with van der Waals surface area (Å²) in [5.41, 5.74) is 2.76. The molecule has 0 aliphatic carbocycles. The first-order valence-electron chi connectivity index (χ1n) is 6.66. The van der Waals surface area contributed by atoms with Crippen LogP contribution < -0.4 is 5.32 Å². The molecule has 0 radical (unpaired) electrons. The predicted octanol–water partition coefficient (Wildman–Crippen LogP) is 3.04. The van der Waals surface area contributed by atoms with Gasteiger partial charge in [0.15, 0.2) is 0 Å². The maximum atomic E-state index is 10.9. The van der Waals surface area contributed by atoms with E-state index in [2.05, 4.69) is 17.2 Å². The molecule has 0 bridgehead atoms. The zero-order valence-electron chi connectivity index (χ0n) is 11.8. The van der Waals surface area contributed by atoms with E-state index >= 15 is 0 Å². The van der Waals surface area contributed by atoms with E-state index in [1.165, 1.54) is 6.07 Å². The van der Waals surface area contributed by atoms with Gasteiger partial charge in [0.1, 0.15) is 0 Å². The minimum absolute atomic E-state index is 0.157. The molecule has 0 atom stereocenters. The number of rotatable bonds is 4. The molecule has 4 nitrogen and oxygen atoms in total. The van der Waals surface area contributed by atoms with Crippen molar-refractivity contribution in [2.45, 2.75) is 13.5 Å². The van der Waals surface area contributed by atoms with Crippen molar-refractivity contribution in [1.82, 2.24) is 5.32 Å². The lowest BCUT2D eigenvalue weighted by Crippen LogP contribution is -2.14. The van der Waals surface area contributed by atoms with Crippen LogP contribution in [0.3, 0.4) is 0 Å². The standard InChI is InChI=1S/C17H16N2O2/c1-14-16(10-5-11-17(14)19(20)21)13-18-12-6-9-15-7-3-2-4-8-15/h2-5,7-8,10-11,18H,12-13H2,1H3. The summed E-state index contributed by atoms with van der Waals surface area (Å²) in [7, 11) is 0. The Balaban J connectivity index is 1.91. The normalized spacial score (nSPS) is 9.76. The van der Waals surface area contributed by atoms with Crippen molar-refractivity contribution in [3.63, 3.8) is 0 Å². The van der Waals surface area contributed by atoms with Crippen molar-refractivity contribution < 1.29 is 4.92 Å². The second kappa shape index (κ2) is 7.22. The minimum atomic E-state index is -0.353. The molecule has 2 aromatic rings. The number of hydrogen-bond acceptors (Lipinski definition) is 3. The topological polar surface area (TPSA) is 55.2 Å². The van der Waals surface area contributed by atoms with Gasteiger partial charge >= 0.3 is 0 Å². The van der Waals surface area contributed by atoms with Crippen molar-refractivity contribution in [2.75, 3.05) is 6.54 Å². The summed E-state index contributed by atoms with van der Waals surface area (Å²) in [5.74, 6) is 6.09. The van der Waals surface area contributed by atoms with Gasteiger partial charge in [-0.1, -0.05) is 42.2 Å². The summed E-state index contributed by atoms with van der Waals surface area (Å²) >= 11 is 0. The third-order valence-corrected chi connectivity index (χ3v) is 3.15. The van der Waals surface area contributed by atoms with E-state index in [1.54, 1.807) is 13.0 Å². The minimum Gasteiger partial charge on any atom is -0.302 e. The van der Waals surface area contributed by atoms with Crippen LogP contribution in [0.25, 0.3) is 0 Å². The van der Waals surface area contributed by atoms with Crippen LogP contribution in [0.1, 0.15) is 16.7 Å². The smallest absolute Gasteiger partial charge is 0.272 e. The zero-order chi connectivity index (χ0) is 15.1. The quantitative estimate of drug-likeness (QED) is 0.405. The molecule has 0 amide bonds. The van der Waals surface area contributed by atoms with Gasteiger partial charge in [-0.15, -0.1) is 0 Å². The molecule has 0 fully saturated rings. The average Bonchev–Trinajstić information content (AvgIpc) is 2.49. The van der Waals surface area contributed by atoms with Crippen LogP contribution in [-0.2, 0) is 6.54 Å². The number of nitro benzene ring substituents is 1. The summed E-state index contributed by atoms with van der Waals surface area (Å²) in [6, 6.07) is 14.9. The van der Waals surface area contributed by atoms with E-state index in [1.807, 2.05) is 36.4 Å². The molecule has 0 saturated heterocycles. The van der Waals surface area contributed by atoms with Crippen LogP contribution in [0.4, 0.5) is 5.69 Å². The highest BCUT2D eigenvalue weighted by atomic mass is 16.6. The van der Waals surface area contributed by atoms with Crippen molar-refractivity contribution in [3.8, 4) is 11.8 Å². The third kappa shape index (κ3) is 4.16. The van der Waals surface area contributed by atoms with Crippen LogP contribution in [0, 0.1) is 28.9 Å². The van der Waals surface area contributed by atoms with Gasteiger partial charge in [0.05, 0.1) is 11.5 Å². The number of benzene rings is 2. The highest BCUT2D eigenvalue weighted by molar-refractivity contribution is 5.44. The van der Waals surface area contributed by atoms with E-state index < -0.39 is 0 Å². The second-order valence-electron chi connectivity index (χ2n) is 4.59. The molecule has 0 aliphatic heterocycles. The van der Waals surface area contributed by atoms with Gasteiger partial charge < -0.3 is 5.32 Å². The fourth-order valence-electron chi connectivity index (χ4n) is 1.99. The van der Waals surface area contributed by atoms with E-state index in [9.17, 15) is 10.1 Å². The average molecular weight is 280 g/mol. The monoisotopic (exact) mass is 280 g/mol. The van der Waals surface area contributed by atoms with Gasteiger partial charge in [-0.05, 0) is 24.6 Å². The predicted molar refractivity (Wildman–Crippen MR) is 82.9 cm³/mol. The fourth-order valence-corrected chi connectivity index (χ4v) is 1.99. The fraction of sp³-hybridized carbons (Fsp3) is 0.176. The maximum absolute atomic E-state index is 10.9. The molecule has 2 aromatic carbocycles. The number of nitro groups is 1. The van der Waals surface area contributed by atoms with Crippen LogP contribution >= 0.6 is 0 Å². The van der Waals surface area contributed by atoms with Crippen LogP contribution in [-0.4, -0.2) is 11.5 Å². The molecule has 0 heterocycles. The molecule has 2 rings (SSSR count). The van der Waals surface area contributed by atoms with E-state index in [0.29, 0.717) is 18.7 Å². The molecule has 0 unspecified atom stereocenters. The second-order valence-corrected chi connectivity index (χ2v) is 4.59. The molecule has 0 saturated carbocycles. The molecule has 21 heavy (non-hydrogen) atoms. The van der Waals surface area contributed by atoms with Gasteiger partial charge in [0, 0.05) is 23.7 Å². The first-order chi connectivity index (χ1) is 10.2. The summed E-state index contributed by atoms with van der Waals surface area (Å²) in [5, 5.41) is 14.1. The lowest BCUT2D eigenvalue weighted by atomic mass is 10.1. The highest BCUT2D eigenvalue weighted by Crippen LogP contribution is 2.20. The molecule has 4 heteroatoms. The molecule has 0 aliphatic rings. The molecule has 1 N–H and O–H groups in total. The number of nitrogens with one attached hydrogen (secondary N) is 1. The van der Waals surface area contributed by atoms with Crippen LogP contribution in [0.15, 0.2) is 48.5 Å². The lowest BCUT2D eigenvalue weighted by Gasteiger charge is -2.05. The molecular weight excluding hydrogens is 264 g/mol. The SMILES string of the molecule is Cc1c(CNCC#Cc2ccccc2)cccc1[N+](=O)[O-]. The van der Waals surface area contributed by atoms with Crippen LogP contribution in [0.5, 0.6) is 0 Å². The van der Waals surface area contributed by atoms with Gasteiger partial charge in [-0.2, -0.15) is 0 Å². The van der Waals surface area contributed by atoms with Gasteiger partial charge in [-0.3, -0.25) is 10.1 Å². The van der Waals surface area contributed by atoms with Gasteiger partial charge in [0.25, 0.3) is 5.69 Å². The molecule has 0 spiro atoms. The Morgan fingerprint density at radius 3 is 2.62 bits per heavy atom. The number of nitrogens with zero attached hydrogens (tertiary/aromatic N) is 1. The Labute approximate surface area is 124 Å². The zero-order valence-corrected chi connectivity index (χ0v) is 11.8. The first-order valence-corrected chi connectivity index (χ1v) is 6.66. The Morgan fingerprint density at radius 1 is 1.14 bits per heavy atom. The third-order valence-electron chi connectivity index (χ3n) is 3.15. The number of hydrogen-bond donors (Lipinski definition) is 1. The summed E-state index contributed by atoms with van der Waals surface area (Å²) in [4.78, 5) is 10.5. The molecule has 106 valence electrons. The Morgan fingerprint density at radius 2 is 1.90 bits per heavy atom. The van der Waals surface area contributed by atoms with Gasteiger partial charge in [0.2, 0.25) is 0 Å². The summed E-state index contributed by atoms with van der Waals surface area (Å²) in [6.45, 7) is 2.87. The highest BCUT2D eigenvalue weighted by Gasteiger charge is 2.12. The van der Waals surface area contributed by atoms with E-state index in [-0.39, 0.29) is 10.6 Å². The Hall–Kier alpha value is -2.64. The van der Waals surface area contributed by atoms with Crippen molar-refractivity contribution >= 4 is 5.69 Å². The van der Waals surface area contributed by atoms with Crippen molar-refractivity contribution in [3.05, 3.63) is 75.3 Å². The first kappa shape index (κ1) is 14.8. The largest absolute Gasteiger partial charge is 0.302 e. The maximum Gasteiger partial charge on any atom is 0.272 e. The molecule has 0 aromatic heterocycles.